The molecule has 0 aliphatic rings. The average Bonchev–Trinajstić information content (AvgIpc) is 3.55. The molecule has 38 heavy (non-hydrogen) atoms. The summed E-state index contributed by atoms with van der Waals surface area (Å²) in [5.41, 5.74) is 6.25. The summed E-state index contributed by atoms with van der Waals surface area (Å²) in [5, 5.41) is 2.70. The first-order valence-electron chi connectivity index (χ1n) is 13.8. The SMILES string of the molecule is [2H]C([2H])([2H])c1c[c-]c2c(c1)c1ccccc1n1c3ccccc3nc21.[2H]c1nc2cccnc2n1-c1[c-]cccc1.[Ir]. The fourth-order valence-corrected chi connectivity index (χ4v) is 4.72. The quantitative estimate of drug-likeness (QED) is 0.138. The van der Waals surface area contributed by atoms with Crippen molar-refractivity contribution < 1.29 is 25.6 Å². The van der Waals surface area contributed by atoms with E-state index >= 15 is 0 Å². The molecule has 0 aliphatic carbocycles. The molecule has 8 rings (SSSR count). The number of hydrogen-bond donors (Lipinski definition) is 0. The minimum atomic E-state index is -2.15. The molecule has 0 atom stereocenters. The number of aromatic nitrogens is 5. The fraction of sp³-hybridized carbons (Fsp3) is 0.0312. The molecule has 185 valence electrons. The van der Waals surface area contributed by atoms with Crippen molar-refractivity contribution in [2.75, 3.05) is 0 Å². The maximum atomic E-state index is 7.83. The number of hydrogen-bond acceptors (Lipinski definition) is 3. The van der Waals surface area contributed by atoms with Crippen LogP contribution in [0.2, 0.25) is 0 Å². The van der Waals surface area contributed by atoms with Gasteiger partial charge < -0.3 is 8.97 Å². The summed E-state index contributed by atoms with van der Waals surface area (Å²) in [6, 6.07) is 36.7. The van der Waals surface area contributed by atoms with Gasteiger partial charge in [0.1, 0.15) is 6.89 Å². The minimum Gasteiger partial charge on any atom is -0.333 e. The monoisotopic (exact) mass is 672 g/mol. The van der Waals surface area contributed by atoms with Gasteiger partial charge in [-0.05, 0) is 35.7 Å². The number of fused-ring (bicyclic) bond motifs is 9. The molecule has 0 aliphatic heterocycles. The van der Waals surface area contributed by atoms with Gasteiger partial charge in [0, 0.05) is 35.9 Å². The maximum Gasteiger partial charge on any atom is 0.162 e. The molecule has 0 N–H and O–H groups in total. The number of imidazole rings is 2. The van der Waals surface area contributed by atoms with E-state index in [1.54, 1.807) is 22.9 Å². The second-order valence-electron chi connectivity index (χ2n) is 8.59. The summed E-state index contributed by atoms with van der Waals surface area (Å²) >= 11 is 0. The molecular weight excluding hydrogens is 647 g/mol. The van der Waals surface area contributed by atoms with Crippen molar-refractivity contribution in [3.8, 4) is 5.69 Å². The third kappa shape index (κ3) is 3.95. The number of benzene rings is 4. The fourth-order valence-electron chi connectivity index (χ4n) is 4.72. The van der Waals surface area contributed by atoms with Crippen molar-refractivity contribution >= 4 is 49.5 Å². The Morgan fingerprint density at radius 3 is 2.47 bits per heavy atom. The van der Waals surface area contributed by atoms with Crippen LogP contribution in [0.15, 0.2) is 110 Å². The number of pyridine rings is 2. The molecule has 1 radical (unpaired) electrons. The molecule has 0 spiro atoms. The van der Waals surface area contributed by atoms with Crippen LogP contribution in [-0.4, -0.2) is 23.9 Å². The third-order valence-electron chi connectivity index (χ3n) is 6.34. The van der Waals surface area contributed by atoms with Crippen molar-refractivity contribution in [1.82, 2.24) is 23.9 Å². The van der Waals surface area contributed by atoms with Gasteiger partial charge in [0.25, 0.3) is 0 Å². The van der Waals surface area contributed by atoms with Crippen LogP contribution in [-0.2, 0) is 20.1 Å². The average molecular weight is 672 g/mol. The van der Waals surface area contributed by atoms with Gasteiger partial charge in [-0.1, -0.05) is 48.3 Å². The Bertz CT molecular complexity index is 2220. The molecule has 0 amide bonds. The minimum absolute atomic E-state index is 0. The van der Waals surface area contributed by atoms with E-state index in [2.05, 4.69) is 26.5 Å². The smallest absolute Gasteiger partial charge is 0.162 e. The van der Waals surface area contributed by atoms with E-state index in [1.165, 1.54) is 0 Å². The molecule has 0 bridgehead atoms. The van der Waals surface area contributed by atoms with Gasteiger partial charge in [-0.15, -0.1) is 35.2 Å². The second kappa shape index (κ2) is 9.82. The predicted octanol–water partition coefficient (Wildman–Crippen LogP) is 7.12. The molecule has 0 unspecified atom stereocenters. The largest absolute Gasteiger partial charge is 0.333 e. The van der Waals surface area contributed by atoms with Crippen molar-refractivity contribution in [1.29, 1.82) is 0 Å². The molecule has 4 heterocycles. The summed E-state index contributed by atoms with van der Waals surface area (Å²) < 4.78 is 34.7. The maximum absolute atomic E-state index is 7.83. The molecule has 5 nitrogen and oxygen atoms in total. The summed E-state index contributed by atoms with van der Waals surface area (Å²) in [6.45, 7) is -2.15. The standard InChI is InChI=1S/C20H13N2.C12H8N3.Ir/c1-13-10-11-15-16(12-13)14-6-2-4-8-18(14)22-19-9-5-3-7-17(19)21-20(15)22;1-2-5-10(6-3-1)15-9-14-11-7-4-8-13-12(11)15;/h2-10,12H,1H3;1-5,7-9H;/q2*-1;/i1D3;9D;. The Kier molecular flexibility index (Phi) is 5.09. The zero-order chi connectivity index (χ0) is 28.1. The van der Waals surface area contributed by atoms with Gasteiger partial charge in [0.05, 0.1) is 23.0 Å². The van der Waals surface area contributed by atoms with E-state index in [9.17, 15) is 0 Å². The number of rotatable bonds is 1. The van der Waals surface area contributed by atoms with Gasteiger partial charge in [0.15, 0.2) is 5.65 Å². The van der Waals surface area contributed by atoms with Crippen molar-refractivity contribution in [2.45, 2.75) is 6.85 Å². The van der Waals surface area contributed by atoms with E-state index < -0.39 is 6.85 Å². The van der Waals surface area contributed by atoms with Crippen molar-refractivity contribution in [2.24, 2.45) is 0 Å². The van der Waals surface area contributed by atoms with Gasteiger partial charge >= 0.3 is 0 Å². The van der Waals surface area contributed by atoms with Crippen LogP contribution in [0.1, 0.15) is 11.0 Å². The van der Waals surface area contributed by atoms with Crippen LogP contribution in [0, 0.1) is 19.0 Å². The molecular formula is C32H21IrN5-2. The Morgan fingerprint density at radius 2 is 1.61 bits per heavy atom. The van der Waals surface area contributed by atoms with E-state index in [0.717, 1.165) is 49.6 Å². The topological polar surface area (TPSA) is 48.0 Å². The molecule has 0 saturated carbocycles. The Morgan fingerprint density at radius 1 is 0.789 bits per heavy atom. The van der Waals surface area contributed by atoms with Crippen LogP contribution in [0.25, 0.3) is 55.2 Å². The molecule has 0 saturated heterocycles. The summed E-state index contributed by atoms with van der Waals surface area (Å²) in [5.74, 6) is 0. The van der Waals surface area contributed by atoms with E-state index in [-0.39, 0.29) is 26.4 Å². The van der Waals surface area contributed by atoms with Crippen molar-refractivity contribution in [3.05, 3.63) is 127 Å². The number of nitrogens with zero attached hydrogens (tertiary/aromatic N) is 5. The first-order chi connectivity index (χ1) is 19.9. The van der Waals surface area contributed by atoms with Crippen LogP contribution in [0.4, 0.5) is 0 Å². The number of aryl methyl sites for hydroxylation is 1. The van der Waals surface area contributed by atoms with E-state index in [0.29, 0.717) is 11.2 Å². The van der Waals surface area contributed by atoms with Gasteiger partial charge in [0.2, 0.25) is 0 Å². The predicted molar refractivity (Wildman–Crippen MR) is 149 cm³/mol. The first kappa shape index (κ1) is 19.7. The molecule has 8 aromatic rings. The van der Waals surface area contributed by atoms with Crippen LogP contribution in [0.5, 0.6) is 0 Å². The van der Waals surface area contributed by atoms with Gasteiger partial charge in [-0.25, -0.2) is 9.97 Å². The van der Waals surface area contributed by atoms with Gasteiger partial charge in [-0.3, -0.25) is 4.98 Å². The van der Waals surface area contributed by atoms with Crippen LogP contribution >= 0.6 is 0 Å². The molecule has 4 aromatic carbocycles. The summed E-state index contributed by atoms with van der Waals surface area (Å²) in [4.78, 5) is 13.2. The zero-order valence-electron chi connectivity index (χ0n) is 23.9. The Balaban J connectivity index is 0.000000161. The Labute approximate surface area is 238 Å². The summed E-state index contributed by atoms with van der Waals surface area (Å²) in [6.07, 6.45) is 1.87. The molecule has 0 fully saturated rings. The van der Waals surface area contributed by atoms with Crippen LogP contribution in [0.3, 0.4) is 0 Å². The Hall–Kier alpha value is -4.38. The third-order valence-corrected chi connectivity index (χ3v) is 6.34. The summed E-state index contributed by atoms with van der Waals surface area (Å²) in [7, 11) is 0. The first-order valence-corrected chi connectivity index (χ1v) is 11.8. The van der Waals surface area contributed by atoms with E-state index in [1.807, 2.05) is 84.9 Å². The molecule has 6 heteroatoms. The van der Waals surface area contributed by atoms with Crippen LogP contribution < -0.4 is 0 Å². The number of para-hydroxylation sites is 4. The van der Waals surface area contributed by atoms with E-state index in [4.69, 9.17) is 10.5 Å². The van der Waals surface area contributed by atoms with Crippen molar-refractivity contribution in [3.63, 3.8) is 0 Å². The molecule has 4 aromatic heterocycles. The van der Waals surface area contributed by atoms with Gasteiger partial charge in [-0.2, -0.15) is 24.3 Å². The zero-order valence-corrected chi connectivity index (χ0v) is 22.3. The second-order valence-corrected chi connectivity index (χ2v) is 8.59. The normalized spacial score (nSPS) is 12.9.